The highest BCUT2D eigenvalue weighted by Gasteiger charge is 2.35. The van der Waals surface area contributed by atoms with E-state index >= 15 is 0 Å². The standard InChI is InChI=1S/C16H23NO2/c1-17(12-7-3-2-4-8-12)14-11-19-15-10-6-5-9-13(15)16(14)18/h5-6,9-10,12,14,16,18H,2-4,7-8,11H2,1H3. The Morgan fingerprint density at radius 2 is 1.89 bits per heavy atom. The maximum absolute atomic E-state index is 10.6. The Bertz CT molecular complexity index is 429. The van der Waals surface area contributed by atoms with Gasteiger partial charge in [0, 0.05) is 11.6 Å². The molecule has 104 valence electrons. The molecule has 1 fully saturated rings. The molecule has 0 spiro atoms. The quantitative estimate of drug-likeness (QED) is 0.888. The second-order valence-corrected chi connectivity index (χ2v) is 5.82. The Kier molecular flexibility index (Phi) is 3.76. The van der Waals surface area contributed by atoms with Crippen LogP contribution in [0.15, 0.2) is 24.3 Å². The van der Waals surface area contributed by atoms with E-state index in [4.69, 9.17) is 4.74 Å². The highest BCUT2D eigenvalue weighted by molar-refractivity contribution is 5.37. The predicted octanol–water partition coefficient (Wildman–Crippen LogP) is 2.75. The maximum Gasteiger partial charge on any atom is 0.125 e. The molecule has 1 heterocycles. The minimum atomic E-state index is -0.433. The zero-order valence-electron chi connectivity index (χ0n) is 11.6. The number of likely N-dealkylation sites (N-methyl/N-ethyl adjacent to an activating group) is 1. The van der Waals surface area contributed by atoms with Crippen molar-refractivity contribution in [2.45, 2.75) is 50.3 Å². The van der Waals surface area contributed by atoms with Crippen molar-refractivity contribution in [3.8, 4) is 5.75 Å². The van der Waals surface area contributed by atoms with Crippen LogP contribution in [0.2, 0.25) is 0 Å². The number of para-hydroxylation sites is 1. The summed E-state index contributed by atoms with van der Waals surface area (Å²) in [6, 6.07) is 8.52. The number of ether oxygens (including phenoxy) is 1. The zero-order chi connectivity index (χ0) is 13.2. The molecule has 19 heavy (non-hydrogen) atoms. The fourth-order valence-electron chi connectivity index (χ4n) is 3.43. The first-order valence-electron chi connectivity index (χ1n) is 7.39. The largest absolute Gasteiger partial charge is 0.491 e. The lowest BCUT2D eigenvalue weighted by Crippen LogP contribution is -2.49. The van der Waals surface area contributed by atoms with E-state index < -0.39 is 6.10 Å². The van der Waals surface area contributed by atoms with Gasteiger partial charge in [-0.2, -0.15) is 0 Å². The molecule has 1 aromatic rings. The van der Waals surface area contributed by atoms with Gasteiger partial charge in [-0.15, -0.1) is 0 Å². The fraction of sp³-hybridized carbons (Fsp3) is 0.625. The van der Waals surface area contributed by atoms with Crippen LogP contribution in [0.4, 0.5) is 0 Å². The molecule has 1 aromatic carbocycles. The van der Waals surface area contributed by atoms with Crippen LogP contribution in [0.1, 0.15) is 43.8 Å². The topological polar surface area (TPSA) is 32.7 Å². The van der Waals surface area contributed by atoms with Gasteiger partial charge in [-0.05, 0) is 26.0 Å². The first kappa shape index (κ1) is 12.9. The van der Waals surface area contributed by atoms with E-state index in [9.17, 15) is 5.11 Å². The normalized spacial score (nSPS) is 27.9. The number of benzene rings is 1. The molecule has 1 saturated carbocycles. The Hall–Kier alpha value is -1.06. The van der Waals surface area contributed by atoms with Crippen molar-refractivity contribution in [1.29, 1.82) is 0 Å². The first-order valence-corrected chi connectivity index (χ1v) is 7.39. The van der Waals surface area contributed by atoms with Crippen molar-refractivity contribution in [1.82, 2.24) is 4.90 Å². The monoisotopic (exact) mass is 261 g/mol. The van der Waals surface area contributed by atoms with Gasteiger partial charge in [-0.25, -0.2) is 0 Å². The lowest BCUT2D eigenvalue weighted by Gasteiger charge is -2.41. The number of nitrogens with zero attached hydrogens (tertiary/aromatic N) is 1. The second kappa shape index (κ2) is 5.51. The van der Waals surface area contributed by atoms with Gasteiger partial charge in [0.15, 0.2) is 0 Å². The molecule has 2 atom stereocenters. The summed E-state index contributed by atoms with van der Waals surface area (Å²) < 4.78 is 5.82. The summed E-state index contributed by atoms with van der Waals surface area (Å²) in [5.74, 6) is 0.836. The van der Waals surface area contributed by atoms with Crippen molar-refractivity contribution in [2.75, 3.05) is 13.7 Å². The molecule has 0 radical (unpaired) electrons. The van der Waals surface area contributed by atoms with E-state index in [1.54, 1.807) is 0 Å². The van der Waals surface area contributed by atoms with Gasteiger partial charge in [0.2, 0.25) is 0 Å². The lowest BCUT2D eigenvalue weighted by atomic mass is 9.91. The summed E-state index contributed by atoms with van der Waals surface area (Å²) in [6.45, 7) is 0.588. The highest BCUT2D eigenvalue weighted by atomic mass is 16.5. The van der Waals surface area contributed by atoms with Gasteiger partial charge in [-0.1, -0.05) is 37.5 Å². The second-order valence-electron chi connectivity index (χ2n) is 5.82. The van der Waals surface area contributed by atoms with Gasteiger partial charge in [0.1, 0.15) is 18.5 Å². The van der Waals surface area contributed by atoms with E-state index in [-0.39, 0.29) is 6.04 Å². The maximum atomic E-state index is 10.6. The zero-order valence-corrected chi connectivity index (χ0v) is 11.6. The molecular formula is C16H23NO2. The average molecular weight is 261 g/mol. The third-order valence-corrected chi connectivity index (χ3v) is 4.69. The van der Waals surface area contributed by atoms with Crippen molar-refractivity contribution in [3.05, 3.63) is 29.8 Å². The minimum absolute atomic E-state index is 0.0815. The van der Waals surface area contributed by atoms with E-state index in [0.717, 1.165) is 11.3 Å². The molecule has 0 aromatic heterocycles. The number of aliphatic hydroxyl groups excluding tert-OH is 1. The van der Waals surface area contributed by atoms with E-state index in [0.29, 0.717) is 12.6 Å². The summed E-state index contributed by atoms with van der Waals surface area (Å²) in [4.78, 5) is 2.35. The van der Waals surface area contributed by atoms with Crippen molar-refractivity contribution in [3.63, 3.8) is 0 Å². The van der Waals surface area contributed by atoms with Crippen molar-refractivity contribution >= 4 is 0 Å². The Balaban J connectivity index is 1.75. The van der Waals surface area contributed by atoms with Gasteiger partial charge >= 0.3 is 0 Å². The van der Waals surface area contributed by atoms with Crippen LogP contribution >= 0.6 is 0 Å². The Morgan fingerprint density at radius 1 is 1.16 bits per heavy atom. The summed E-state index contributed by atoms with van der Waals surface area (Å²) in [7, 11) is 2.14. The first-order chi connectivity index (χ1) is 9.27. The van der Waals surface area contributed by atoms with Crippen LogP contribution in [0, 0.1) is 0 Å². The van der Waals surface area contributed by atoms with Gasteiger partial charge in [0.05, 0.1) is 6.04 Å². The van der Waals surface area contributed by atoms with Crippen LogP contribution in [-0.4, -0.2) is 35.7 Å². The van der Waals surface area contributed by atoms with Crippen LogP contribution in [0.3, 0.4) is 0 Å². The molecule has 1 N–H and O–H groups in total. The third kappa shape index (κ3) is 2.49. The van der Waals surface area contributed by atoms with E-state index in [1.165, 1.54) is 32.1 Å². The van der Waals surface area contributed by atoms with Crippen molar-refractivity contribution in [2.24, 2.45) is 0 Å². The summed E-state index contributed by atoms with van der Waals surface area (Å²) in [5, 5.41) is 10.6. The molecule has 3 rings (SSSR count). The number of fused-ring (bicyclic) bond motifs is 1. The van der Waals surface area contributed by atoms with Gasteiger partial charge < -0.3 is 9.84 Å². The molecule has 3 heteroatoms. The number of rotatable bonds is 2. The van der Waals surface area contributed by atoms with Crippen LogP contribution in [-0.2, 0) is 0 Å². The number of aliphatic hydroxyl groups is 1. The molecule has 0 bridgehead atoms. The molecule has 0 saturated heterocycles. The average Bonchev–Trinajstić information content (AvgIpc) is 2.48. The molecule has 2 unspecified atom stereocenters. The summed E-state index contributed by atoms with van der Waals surface area (Å²) >= 11 is 0. The molecule has 3 nitrogen and oxygen atoms in total. The smallest absolute Gasteiger partial charge is 0.125 e. The van der Waals surface area contributed by atoms with Crippen LogP contribution < -0.4 is 4.74 Å². The number of hydrogen-bond acceptors (Lipinski definition) is 3. The van der Waals surface area contributed by atoms with E-state index in [2.05, 4.69) is 11.9 Å². The Labute approximate surface area is 115 Å². The van der Waals surface area contributed by atoms with Gasteiger partial charge in [-0.3, -0.25) is 4.90 Å². The van der Waals surface area contributed by atoms with Crippen LogP contribution in [0.25, 0.3) is 0 Å². The minimum Gasteiger partial charge on any atom is -0.491 e. The van der Waals surface area contributed by atoms with Gasteiger partial charge in [0.25, 0.3) is 0 Å². The van der Waals surface area contributed by atoms with Crippen LogP contribution in [0.5, 0.6) is 5.75 Å². The molecular weight excluding hydrogens is 238 g/mol. The number of hydrogen-bond donors (Lipinski definition) is 1. The SMILES string of the molecule is CN(C1CCCCC1)C1COc2ccccc2C1O. The molecule has 1 aliphatic heterocycles. The summed E-state index contributed by atoms with van der Waals surface area (Å²) in [6.07, 6.45) is 6.06. The molecule has 2 aliphatic rings. The van der Waals surface area contributed by atoms with Crippen molar-refractivity contribution < 1.29 is 9.84 Å². The third-order valence-electron chi connectivity index (χ3n) is 4.69. The highest BCUT2D eigenvalue weighted by Crippen LogP contribution is 2.35. The lowest BCUT2D eigenvalue weighted by molar-refractivity contribution is -0.00993. The fourth-order valence-corrected chi connectivity index (χ4v) is 3.43. The Morgan fingerprint density at radius 3 is 2.68 bits per heavy atom. The molecule has 1 aliphatic carbocycles. The van der Waals surface area contributed by atoms with E-state index in [1.807, 2.05) is 24.3 Å². The predicted molar refractivity (Wildman–Crippen MR) is 75.3 cm³/mol. The summed E-state index contributed by atoms with van der Waals surface area (Å²) in [5.41, 5.74) is 0.932. The molecule has 0 amide bonds.